The molecular weight excluding hydrogens is 186 g/mol. The third kappa shape index (κ3) is 3.20. The summed E-state index contributed by atoms with van der Waals surface area (Å²) in [6, 6.07) is 3.26. The van der Waals surface area contributed by atoms with Crippen molar-refractivity contribution in [1.29, 1.82) is 0 Å². The van der Waals surface area contributed by atoms with Gasteiger partial charge in [-0.3, -0.25) is 4.98 Å². The lowest BCUT2D eigenvalue weighted by Crippen LogP contribution is -2.18. The number of nitrogens with one attached hydrogen (secondary N) is 2. The van der Waals surface area contributed by atoms with Crippen LogP contribution in [0, 0.1) is 0 Å². The molecule has 82 valence electrons. The van der Waals surface area contributed by atoms with Crippen LogP contribution in [0.25, 0.3) is 0 Å². The van der Waals surface area contributed by atoms with Gasteiger partial charge in [-0.25, -0.2) is 0 Å². The van der Waals surface area contributed by atoms with Crippen molar-refractivity contribution in [2.45, 2.75) is 45.3 Å². The Morgan fingerprint density at radius 3 is 2.93 bits per heavy atom. The van der Waals surface area contributed by atoms with Gasteiger partial charge in [0.25, 0.3) is 0 Å². The molecule has 0 radical (unpaired) electrons. The molecule has 2 N–H and O–H groups in total. The predicted octanol–water partition coefficient (Wildman–Crippen LogP) is 2.15. The Bertz CT molecular complexity index is 318. The summed E-state index contributed by atoms with van der Waals surface area (Å²) < 4.78 is 0. The average molecular weight is 205 g/mol. The van der Waals surface area contributed by atoms with E-state index >= 15 is 0 Å². The monoisotopic (exact) mass is 205 g/mol. The predicted molar refractivity (Wildman–Crippen MR) is 62.9 cm³/mol. The summed E-state index contributed by atoms with van der Waals surface area (Å²) in [5.74, 6) is 0. The van der Waals surface area contributed by atoms with E-state index in [-0.39, 0.29) is 0 Å². The van der Waals surface area contributed by atoms with Gasteiger partial charge in [0, 0.05) is 42.3 Å². The smallest absolute Gasteiger partial charge is 0.0418 e. The highest BCUT2D eigenvalue weighted by Crippen LogP contribution is 2.21. The number of hydrogen-bond donors (Lipinski definition) is 2. The van der Waals surface area contributed by atoms with Crippen LogP contribution < -0.4 is 10.6 Å². The van der Waals surface area contributed by atoms with Crippen LogP contribution in [0.3, 0.4) is 0 Å². The standard InChI is InChI=1S/C12H19N3/c1-9(2)15-12-5-6-13-7-10(12)8-14-11-3-4-11/h5-7,9,11,14H,3-4,8H2,1-2H3,(H,13,15). The minimum atomic E-state index is 0.465. The normalized spacial score (nSPS) is 15.7. The molecule has 0 bridgehead atoms. The SMILES string of the molecule is CC(C)Nc1ccncc1CNC1CC1. The molecule has 0 saturated heterocycles. The zero-order valence-corrected chi connectivity index (χ0v) is 9.46. The van der Waals surface area contributed by atoms with E-state index in [1.165, 1.54) is 24.1 Å². The summed E-state index contributed by atoms with van der Waals surface area (Å²) in [5, 5.41) is 6.94. The van der Waals surface area contributed by atoms with E-state index in [1.54, 1.807) is 0 Å². The molecule has 3 nitrogen and oxygen atoms in total. The maximum absolute atomic E-state index is 4.17. The Labute approximate surface area is 91.3 Å². The van der Waals surface area contributed by atoms with E-state index in [4.69, 9.17) is 0 Å². The highest BCUT2D eigenvalue weighted by molar-refractivity contribution is 5.49. The lowest BCUT2D eigenvalue weighted by atomic mass is 10.2. The first kappa shape index (κ1) is 10.4. The molecule has 0 unspecified atom stereocenters. The summed E-state index contributed by atoms with van der Waals surface area (Å²) in [5.41, 5.74) is 2.46. The van der Waals surface area contributed by atoms with Crippen molar-refractivity contribution in [2.24, 2.45) is 0 Å². The third-order valence-corrected chi connectivity index (χ3v) is 2.51. The second-order valence-electron chi connectivity index (χ2n) is 4.49. The highest BCUT2D eigenvalue weighted by atomic mass is 15.0. The van der Waals surface area contributed by atoms with Gasteiger partial charge in [-0.15, -0.1) is 0 Å². The molecule has 1 saturated carbocycles. The van der Waals surface area contributed by atoms with Gasteiger partial charge in [-0.1, -0.05) is 0 Å². The fourth-order valence-corrected chi connectivity index (χ4v) is 1.56. The largest absolute Gasteiger partial charge is 0.383 e. The first-order chi connectivity index (χ1) is 7.25. The molecule has 0 atom stereocenters. The molecule has 0 spiro atoms. The third-order valence-electron chi connectivity index (χ3n) is 2.51. The number of rotatable bonds is 5. The molecule has 2 rings (SSSR count). The van der Waals surface area contributed by atoms with Gasteiger partial charge in [0.2, 0.25) is 0 Å². The Hall–Kier alpha value is -1.09. The number of pyridine rings is 1. The molecule has 3 heteroatoms. The molecule has 0 aliphatic heterocycles. The summed E-state index contributed by atoms with van der Waals surface area (Å²) in [7, 11) is 0. The molecule has 15 heavy (non-hydrogen) atoms. The van der Waals surface area contributed by atoms with Gasteiger partial charge in [-0.05, 0) is 32.8 Å². The Morgan fingerprint density at radius 2 is 2.27 bits per heavy atom. The van der Waals surface area contributed by atoms with E-state index in [2.05, 4.69) is 29.5 Å². The van der Waals surface area contributed by atoms with Crippen LogP contribution in [-0.4, -0.2) is 17.1 Å². The maximum Gasteiger partial charge on any atom is 0.0418 e. The van der Waals surface area contributed by atoms with Crippen LogP contribution in [0.2, 0.25) is 0 Å². The average Bonchev–Trinajstić information content (AvgIpc) is 2.99. The molecule has 1 aromatic heterocycles. The molecular formula is C12H19N3. The second-order valence-corrected chi connectivity index (χ2v) is 4.49. The molecule has 1 aromatic rings. The lowest BCUT2D eigenvalue weighted by molar-refractivity contribution is 0.685. The van der Waals surface area contributed by atoms with Gasteiger partial charge in [0.05, 0.1) is 0 Å². The minimum Gasteiger partial charge on any atom is -0.383 e. The topological polar surface area (TPSA) is 37.0 Å². The summed E-state index contributed by atoms with van der Waals surface area (Å²) >= 11 is 0. The van der Waals surface area contributed by atoms with Gasteiger partial charge in [-0.2, -0.15) is 0 Å². The van der Waals surface area contributed by atoms with Crippen LogP contribution in [0.5, 0.6) is 0 Å². The van der Waals surface area contributed by atoms with Crippen molar-refractivity contribution >= 4 is 5.69 Å². The van der Waals surface area contributed by atoms with Gasteiger partial charge in [0.15, 0.2) is 0 Å². The highest BCUT2D eigenvalue weighted by Gasteiger charge is 2.20. The van der Waals surface area contributed by atoms with Crippen molar-refractivity contribution < 1.29 is 0 Å². The minimum absolute atomic E-state index is 0.465. The molecule has 1 fully saturated rings. The summed E-state index contributed by atoms with van der Waals surface area (Å²) in [6.07, 6.45) is 6.44. The van der Waals surface area contributed by atoms with E-state index in [1.807, 2.05) is 18.5 Å². The molecule has 1 heterocycles. The Balaban J connectivity index is 1.99. The van der Waals surface area contributed by atoms with Gasteiger partial charge in [0.1, 0.15) is 0 Å². The quantitative estimate of drug-likeness (QED) is 0.773. The van der Waals surface area contributed by atoms with Crippen molar-refractivity contribution in [1.82, 2.24) is 10.3 Å². The van der Waals surface area contributed by atoms with Crippen LogP contribution in [-0.2, 0) is 6.54 Å². The van der Waals surface area contributed by atoms with Gasteiger partial charge >= 0.3 is 0 Å². The number of nitrogens with zero attached hydrogens (tertiary/aromatic N) is 1. The number of anilines is 1. The first-order valence-electron chi connectivity index (χ1n) is 5.68. The van der Waals surface area contributed by atoms with Crippen molar-refractivity contribution in [3.63, 3.8) is 0 Å². The molecule has 0 aromatic carbocycles. The zero-order chi connectivity index (χ0) is 10.7. The van der Waals surface area contributed by atoms with Gasteiger partial charge < -0.3 is 10.6 Å². The zero-order valence-electron chi connectivity index (χ0n) is 9.46. The first-order valence-corrected chi connectivity index (χ1v) is 5.68. The second kappa shape index (κ2) is 4.62. The van der Waals surface area contributed by atoms with Crippen LogP contribution in [0.15, 0.2) is 18.5 Å². The Morgan fingerprint density at radius 1 is 1.47 bits per heavy atom. The van der Waals surface area contributed by atoms with E-state index in [0.29, 0.717) is 6.04 Å². The van der Waals surface area contributed by atoms with E-state index < -0.39 is 0 Å². The summed E-state index contributed by atoms with van der Waals surface area (Å²) in [6.45, 7) is 5.23. The Kier molecular flexibility index (Phi) is 3.21. The molecule has 1 aliphatic rings. The van der Waals surface area contributed by atoms with Crippen LogP contribution >= 0.6 is 0 Å². The lowest BCUT2D eigenvalue weighted by Gasteiger charge is -2.14. The van der Waals surface area contributed by atoms with E-state index in [0.717, 1.165) is 12.6 Å². The number of aromatic nitrogens is 1. The fourth-order valence-electron chi connectivity index (χ4n) is 1.56. The molecule has 0 amide bonds. The maximum atomic E-state index is 4.17. The number of hydrogen-bond acceptors (Lipinski definition) is 3. The van der Waals surface area contributed by atoms with Crippen molar-refractivity contribution in [2.75, 3.05) is 5.32 Å². The van der Waals surface area contributed by atoms with Crippen LogP contribution in [0.1, 0.15) is 32.3 Å². The van der Waals surface area contributed by atoms with E-state index in [9.17, 15) is 0 Å². The summed E-state index contributed by atoms with van der Waals surface area (Å²) in [4.78, 5) is 4.17. The van der Waals surface area contributed by atoms with Crippen LogP contribution in [0.4, 0.5) is 5.69 Å². The fraction of sp³-hybridized carbons (Fsp3) is 0.583. The van der Waals surface area contributed by atoms with Crippen molar-refractivity contribution in [3.8, 4) is 0 Å². The molecule has 1 aliphatic carbocycles. The van der Waals surface area contributed by atoms with Crippen molar-refractivity contribution in [3.05, 3.63) is 24.0 Å².